The van der Waals surface area contributed by atoms with Crippen LogP contribution in [0, 0.1) is 5.82 Å². The van der Waals surface area contributed by atoms with Gasteiger partial charge in [0.15, 0.2) is 11.5 Å². The number of halogens is 1. The van der Waals surface area contributed by atoms with E-state index in [4.69, 9.17) is 9.47 Å². The third-order valence-electron chi connectivity index (χ3n) is 4.33. The molecular weight excluding hydrogens is 343 g/mol. The van der Waals surface area contributed by atoms with Gasteiger partial charge in [0, 0.05) is 25.0 Å². The Morgan fingerprint density at radius 2 is 1.81 bits per heavy atom. The number of methoxy groups -OCH3 is 1. The third kappa shape index (κ3) is 5.28. The van der Waals surface area contributed by atoms with Gasteiger partial charge in [-0.2, -0.15) is 0 Å². The van der Waals surface area contributed by atoms with Crippen LogP contribution in [-0.2, 0) is 13.2 Å². The van der Waals surface area contributed by atoms with Gasteiger partial charge in [-0.3, -0.25) is 4.98 Å². The predicted molar refractivity (Wildman–Crippen MR) is 103 cm³/mol. The second-order valence-corrected chi connectivity index (χ2v) is 6.29. The Morgan fingerprint density at radius 3 is 2.52 bits per heavy atom. The van der Waals surface area contributed by atoms with Crippen molar-refractivity contribution in [1.29, 1.82) is 0 Å². The van der Waals surface area contributed by atoms with Crippen molar-refractivity contribution in [2.24, 2.45) is 0 Å². The van der Waals surface area contributed by atoms with Gasteiger partial charge in [-0.15, -0.1) is 0 Å². The van der Waals surface area contributed by atoms with Crippen LogP contribution in [0.4, 0.5) is 4.39 Å². The Morgan fingerprint density at radius 1 is 1.04 bits per heavy atom. The number of nitrogens with one attached hydrogen (secondary N) is 1. The van der Waals surface area contributed by atoms with Crippen LogP contribution >= 0.6 is 0 Å². The van der Waals surface area contributed by atoms with Gasteiger partial charge in [0.1, 0.15) is 12.4 Å². The smallest absolute Gasteiger partial charge is 0.161 e. The summed E-state index contributed by atoms with van der Waals surface area (Å²) in [4.78, 5) is 4.15. The fourth-order valence-electron chi connectivity index (χ4n) is 2.70. The van der Waals surface area contributed by atoms with E-state index >= 15 is 0 Å². The lowest BCUT2D eigenvalue weighted by molar-refractivity contribution is 0.284. The highest BCUT2D eigenvalue weighted by atomic mass is 19.1. The summed E-state index contributed by atoms with van der Waals surface area (Å²) in [6, 6.07) is 16.3. The maximum Gasteiger partial charge on any atom is 0.161 e. The summed E-state index contributed by atoms with van der Waals surface area (Å²) in [5.74, 6) is 1.07. The molecule has 0 aliphatic heterocycles. The van der Waals surface area contributed by atoms with Crippen molar-refractivity contribution < 1.29 is 13.9 Å². The highest BCUT2D eigenvalue weighted by Crippen LogP contribution is 2.29. The first-order valence-corrected chi connectivity index (χ1v) is 8.83. The minimum Gasteiger partial charge on any atom is -0.493 e. The number of hydrogen-bond donors (Lipinski definition) is 1. The second kappa shape index (κ2) is 9.14. The first-order valence-electron chi connectivity index (χ1n) is 8.83. The van der Waals surface area contributed by atoms with Crippen LogP contribution in [0.25, 0.3) is 0 Å². The third-order valence-corrected chi connectivity index (χ3v) is 4.33. The monoisotopic (exact) mass is 366 g/mol. The van der Waals surface area contributed by atoms with Crippen LogP contribution in [-0.4, -0.2) is 12.1 Å². The van der Waals surface area contributed by atoms with E-state index in [9.17, 15) is 4.39 Å². The lowest BCUT2D eigenvalue weighted by Crippen LogP contribution is -2.18. The van der Waals surface area contributed by atoms with E-state index in [1.807, 2.05) is 30.5 Å². The zero-order valence-corrected chi connectivity index (χ0v) is 15.5. The maximum absolute atomic E-state index is 13.0. The van der Waals surface area contributed by atoms with Crippen LogP contribution in [0.15, 0.2) is 67.0 Å². The highest BCUT2D eigenvalue weighted by molar-refractivity contribution is 5.43. The van der Waals surface area contributed by atoms with E-state index in [0.29, 0.717) is 24.7 Å². The molecule has 0 aliphatic carbocycles. The van der Waals surface area contributed by atoms with Gasteiger partial charge < -0.3 is 14.8 Å². The number of pyridine rings is 1. The maximum atomic E-state index is 13.0. The molecule has 0 radical (unpaired) electrons. The fraction of sp³-hybridized carbons (Fsp3) is 0.227. The summed E-state index contributed by atoms with van der Waals surface area (Å²) < 4.78 is 24.3. The summed E-state index contributed by atoms with van der Waals surface area (Å²) in [7, 11) is 1.62. The topological polar surface area (TPSA) is 43.4 Å². The molecular formula is C22H23FN2O2. The highest BCUT2D eigenvalue weighted by Gasteiger charge is 2.09. The Hall–Kier alpha value is -2.92. The molecule has 4 nitrogen and oxygen atoms in total. The second-order valence-electron chi connectivity index (χ2n) is 6.29. The van der Waals surface area contributed by atoms with Crippen molar-refractivity contribution in [3.8, 4) is 11.5 Å². The Bertz CT molecular complexity index is 854. The Kier molecular flexibility index (Phi) is 6.39. The van der Waals surface area contributed by atoms with Crippen molar-refractivity contribution in [3.63, 3.8) is 0 Å². The van der Waals surface area contributed by atoms with Gasteiger partial charge in [-0.05, 0) is 53.9 Å². The molecule has 1 N–H and O–H groups in total. The van der Waals surface area contributed by atoms with Gasteiger partial charge in [-0.1, -0.05) is 24.3 Å². The van der Waals surface area contributed by atoms with Crippen molar-refractivity contribution in [2.45, 2.75) is 26.1 Å². The van der Waals surface area contributed by atoms with Crippen molar-refractivity contribution >= 4 is 0 Å². The molecule has 1 aromatic heterocycles. The van der Waals surface area contributed by atoms with Crippen molar-refractivity contribution in [3.05, 3.63) is 89.5 Å². The minimum absolute atomic E-state index is 0.194. The fourth-order valence-corrected chi connectivity index (χ4v) is 2.70. The number of nitrogens with zero attached hydrogens (tertiary/aromatic N) is 1. The average molecular weight is 366 g/mol. The molecule has 0 spiro atoms. The number of benzene rings is 2. The number of rotatable bonds is 8. The van der Waals surface area contributed by atoms with E-state index in [2.05, 4.69) is 23.3 Å². The molecule has 1 heterocycles. The summed E-state index contributed by atoms with van der Waals surface area (Å²) >= 11 is 0. The van der Waals surface area contributed by atoms with Crippen LogP contribution in [0.2, 0.25) is 0 Å². The SMILES string of the molecule is COc1cc(CNC(C)c2cccnc2)ccc1OCc1ccc(F)cc1. The molecule has 5 heteroatoms. The molecule has 0 saturated heterocycles. The molecule has 140 valence electrons. The van der Waals surface area contributed by atoms with E-state index in [1.54, 1.807) is 25.4 Å². The summed E-state index contributed by atoms with van der Waals surface area (Å²) in [6.07, 6.45) is 3.64. The van der Waals surface area contributed by atoms with Crippen LogP contribution in [0.1, 0.15) is 29.7 Å². The van der Waals surface area contributed by atoms with E-state index in [1.165, 1.54) is 12.1 Å². The van der Waals surface area contributed by atoms with Crippen LogP contribution in [0.3, 0.4) is 0 Å². The zero-order chi connectivity index (χ0) is 19.1. The van der Waals surface area contributed by atoms with Crippen LogP contribution < -0.4 is 14.8 Å². The molecule has 1 unspecified atom stereocenters. The number of ether oxygens (including phenoxy) is 2. The van der Waals surface area contributed by atoms with Gasteiger partial charge in [0.2, 0.25) is 0 Å². The summed E-state index contributed by atoms with van der Waals surface area (Å²) in [5, 5.41) is 3.48. The van der Waals surface area contributed by atoms with Gasteiger partial charge in [0.05, 0.1) is 7.11 Å². The normalized spacial score (nSPS) is 11.8. The summed E-state index contributed by atoms with van der Waals surface area (Å²) in [6.45, 7) is 3.16. The van der Waals surface area contributed by atoms with E-state index in [0.717, 1.165) is 16.7 Å². The molecule has 1 atom stereocenters. The molecule has 27 heavy (non-hydrogen) atoms. The molecule has 0 amide bonds. The molecule has 0 saturated carbocycles. The lowest BCUT2D eigenvalue weighted by atomic mass is 10.1. The molecule has 3 rings (SSSR count). The van der Waals surface area contributed by atoms with Gasteiger partial charge >= 0.3 is 0 Å². The lowest BCUT2D eigenvalue weighted by Gasteiger charge is -2.16. The van der Waals surface area contributed by atoms with Crippen molar-refractivity contribution in [2.75, 3.05) is 7.11 Å². The van der Waals surface area contributed by atoms with Gasteiger partial charge in [0.25, 0.3) is 0 Å². The largest absolute Gasteiger partial charge is 0.493 e. The molecule has 0 fully saturated rings. The predicted octanol–water partition coefficient (Wildman–Crippen LogP) is 4.66. The van der Waals surface area contributed by atoms with E-state index < -0.39 is 0 Å². The Labute approximate surface area is 159 Å². The summed E-state index contributed by atoms with van der Waals surface area (Å²) in [5.41, 5.74) is 3.13. The minimum atomic E-state index is -0.256. The van der Waals surface area contributed by atoms with Crippen molar-refractivity contribution in [1.82, 2.24) is 10.3 Å². The number of aromatic nitrogens is 1. The Balaban J connectivity index is 1.60. The first kappa shape index (κ1) is 18.9. The van der Waals surface area contributed by atoms with Crippen LogP contribution in [0.5, 0.6) is 11.5 Å². The number of hydrogen-bond acceptors (Lipinski definition) is 4. The molecule has 3 aromatic rings. The standard InChI is InChI=1S/C22H23FN2O2/c1-16(19-4-3-11-24-14-19)25-13-18-7-10-21(22(12-18)26-2)27-15-17-5-8-20(23)9-6-17/h3-12,14,16,25H,13,15H2,1-2H3. The van der Waals surface area contributed by atoms with Gasteiger partial charge in [-0.25, -0.2) is 4.39 Å². The van der Waals surface area contributed by atoms with E-state index in [-0.39, 0.29) is 11.9 Å². The average Bonchev–Trinajstić information content (AvgIpc) is 2.72. The molecule has 0 aliphatic rings. The molecule has 2 aromatic carbocycles. The first-order chi connectivity index (χ1) is 13.2. The molecule has 0 bridgehead atoms. The zero-order valence-electron chi connectivity index (χ0n) is 15.5. The quantitative estimate of drug-likeness (QED) is 0.630.